The highest BCUT2D eigenvalue weighted by atomic mass is 32.2. The summed E-state index contributed by atoms with van der Waals surface area (Å²) in [6, 6.07) is 0.637. The maximum absolute atomic E-state index is 5.77. The first-order chi connectivity index (χ1) is 9.14. The lowest BCUT2D eigenvalue weighted by atomic mass is 9.64. The molecule has 112 valence electrons. The van der Waals surface area contributed by atoms with E-state index >= 15 is 0 Å². The summed E-state index contributed by atoms with van der Waals surface area (Å²) in [7, 11) is 0. The minimum atomic E-state index is 0.301. The Morgan fingerprint density at radius 1 is 1.32 bits per heavy atom. The van der Waals surface area contributed by atoms with Gasteiger partial charge in [-0.3, -0.25) is 0 Å². The van der Waals surface area contributed by atoms with Crippen molar-refractivity contribution in [2.75, 3.05) is 32.0 Å². The third kappa shape index (κ3) is 4.10. The van der Waals surface area contributed by atoms with Crippen molar-refractivity contribution in [3.05, 3.63) is 0 Å². The zero-order chi connectivity index (χ0) is 13.7. The number of ether oxygens (including phenoxy) is 1. The van der Waals surface area contributed by atoms with Crippen molar-refractivity contribution in [3.63, 3.8) is 0 Å². The fourth-order valence-corrected chi connectivity index (χ4v) is 4.27. The van der Waals surface area contributed by atoms with E-state index < -0.39 is 0 Å². The van der Waals surface area contributed by atoms with Crippen LogP contribution in [0.25, 0.3) is 0 Å². The van der Waals surface area contributed by atoms with Crippen molar-refractivity contribution in [2.45, 2.75) is 57.4 Å². The monoisotopic (exact) mass is 286 g/mol. The third-order valence-corrected chi connectivity index (χ3v) is 6.06. The Balaban J connectivity index is 1.56. The van der Waals surface area contributed by atoms with Crippen molar-refractivity contribution >= 4 is 11.8 Å². The molecule has 1 heterocycles. The molecule has 1 aliphatic carbocycles. The van der Waals surface area contributed by atoms with Gasteiger partial charge in [0.15, 0.2) is 0 Å². The van der Waals surface area contributed by atoms with Crippen LogP contribution >= 0.6 is 11.8 Å². The van der Waals surface area contributed by atoms with Crippen LogP contribution in [-0.4, -0.2) is 49.4 Å². The first-order valence-electron chi connectivity index (χ1n) is 7.82. The molecule has 1 saturated carbocycles. The van der Waals surface area contributed by atoms with Crippen LogP contribution in [0.15, 0.2) is 0 Å². The smallest absolute Gasteiger partial charge is 0.0655 e. The highest BCUT2D eigenvalue weighted by Crippen LogP contribution is 2.42. The molecule has 2 aliphatic rings. The Morgan fingerprint density at radius 3 is 2.68 bits per heavy atom. The quantitative estimate of drug-likeness (QED) is 0.704. The van der Waals surface area contributed by atoms with Crippen LogP contribution < -0.4 is 10.6 Å². The standard InChI is InChI=1S/C15H30N2OS/c1-4-18-14-11-13(15(14,2)3)17-9-10-19-12-5-7-16-8-6-12/h12-14,16-17H,4-11H2,1-3H3. The van der Waals surface area contributed by atoms with Gasteiger partial charge in [0.05, 0.1) is 6.10 Å². The van der Waals surface area contributed by atoms with E-state index in [2.05, 4.69) is 43.2 Å². The summed E-state index contributed by atoms with van der Waals surface area (Å²) in [4.78, 5) is 0. The van der Waals surface area contributed by atoms with Gasteiger partial charge in [0.2, 0.25) is 0 Å². The summed E-state index contributed by atoms with van der Waals surface area (Å²) < 4.78 is 5.77. The molecule has 0 aromatic rings. The van der Waals surface area contributed by atoms with Crippen LogP contribution in [-0.2, 0) is 4.74 Å². The summed E-state index contributed by atoms with van der Waals surface area (Å²) in [6.45, 7) is 11.1. The summed E-state index contributed by atoms with van der Waals surface area (Å²) in [5, 5.41) is 8.03. The van der Waals surface area contributed by atoms with E-state index in [1.54, 1.807) is 0 Å². The molecule has 2 unspecified atom stereocenters. The number of nitrogens with one attached hydrogen (secondary N) is 2. The maximum Gasteiger partial charge on any atom is 0.0655 e. The molecule has 2 atom stereocenters. The van der Waals surface area contributed by atoms with E-state index in [1.165, 1.54) is 38.1 Å². The second-order valence-corrected chi connectivity index (χ2v) is 7.74. The Hall–Kier alpha value is 0.230. The Kier molecular flexibility index (Phi) is 6.00. The molecule has 2 rings (SSSR count). The van der Waals surface area contributed by atoms with Gasteiger partial charge in [-0.15, -0.1) is 0 Å². The van der Waals surface area contributed by atoms with Crippen molar-refractivity contribution in [3.8, 4) is 0 Å². The second-order valence-electron chi connectivity index (χ2n) is 6.33. The van der Waals surface area contributed by atoms with Gasteiger partial charge in [-0.2, -0.15) is 11.8 Å². The molecule has 4 heteroatoms. The van der Waals surface area contributed by atoms with Crippen molar-refractivity contribution < 1.29 is 4.74 Å². The van der Waals surface area contributed by atoms with E-state index in [9.17, 15) is 0 Å². The van der Waals surface area contributed by atoms with E-state index in [-0.39, 0.29) is 0 Å². The molecule has 0 amide bonds. The lowest BCUT2D eigenvalue weighted by molar-refractivity contribution is -0.113. The molecule has 0 aromatic carbocycles. The molecule has 1 aliphatic heterocycles. The van der Waals surface area contributed by atoms with Gasteiger partial charge < -0.3 is 15.4 Å². The van der Waals surface area contributed by atoms with E-state index in [4.69, 9.17) is 4.74 Å². The normalized spacial score (nSPS) is 31.1. The third-order valence-electron chi connectivity index (χ3n) is 4.68. The van der Waals surface area contributed by atoms with Gasteiger partial charge in [-0.25, -0.2) is 0 Å². The molecule has 2 N–H and O–H groups in total. The first-order valence-corrected chi connectivity index (χ1v) is 8.86. The number of hydrogen-bond donors (Lipinski definition) is 2. The molecule has 0 spiro atoms. The first kappa shape index (κ1) is 15.6. The lowest BCUT2D eigenvalue weighted by Crippen LogP contribution is -2.61. The van der Waals surface area contributed by atoms with Crippen LogP contribution in [0, 0.1) is 5.41 Å². The molecule has 3 nitrogen and oxygen atoms in total. The van der Waals surface area contributed by atoms with Gasteiger partial charge in [-0.05, 0) is 39.3 Å². The van der Waals surface area contributed by atoms with E-state index in [0.29, 0.717) is 17.6 Å². The summed E-state index contributed by atoms with van der Waals surface area (Å²) in [5.74, 6) is 1.25. The van der Waals surface area contributed by atoms with Gasteiger partial charge in [0, 0.05) is 35.6 Å². The predicted octanol–water partition coefficient (Wildman–Crippen LogP) is 2.26. The molecule has 2 fully saturated rings. The Labute approximate surface area is 122 Å². The molecule has 19 heavy (non-hydrogen) atoms. The van der Waals surface area contributed by atoms with Gasteiger partial charge in [0.1, 0.15) is 0 Å². The van der Waals surface area contributed by atoms with Gasteiger partial charge >= 0.3 is 0 Å². The van der Waals surface area contributed by atoms with Crippen LogP contribution in [0.2, 0.25) is 0 Å². The van der Waals surface area contributed by atoms with Gasteiger partial charge in [0.25, 0.3) is 0 Å². The summed E-state index contributed by atoms with van der Waals surface area (Å²) >= 11 is 2.15. The molecule has 0 bridgehead atoms. The number of rotatable bonds is 7. The topological polar surface area (TPSA) is 33.3 Å². The average molecular weight is 286 g/mol. The molecule has 0 radical (unpaired) electrons. The maximum atomic E-state index is 5.77. The highest BCUT2D eigenvalue weighted by Gasteiger charge is 2.48. The number of piperidine rings is 1. The second kappa shape index (κ2) is 7.30. The fraction of sp³-hybridized carbons (Fsp3) is 1.00. The molecule has 1 saturated heterocycles. The summed E-state index contributed by atoms with van der Waals surface area (Å²) in [5.41, 5.74) is 0.301. The molecular formula is C15H30N2OS. The average Bonchev–Trinajstić information content (AvgIpc) is 2.42. The Bertz CT molecular complexity index is 267. The largest absolute Gasteiger partial charge is 0.378 e. The van der Waals surface area contributed by atoms with Crippen LogP contribution in [0.5, 0.6) is 0 Å². The minimum absolute atomic E-state index is 0.301. The highest BCUT2D eigenvalue weighted by molar-refractivity contribution is 7.99. The zero-order valence-electron chi connectivity index (χ0n) is 12.7. The summed E-state index contributed by atoms with van der Waals surface area (Å²) in [6.07, 6.45) is 4.31. The van der Waals surface area contributed by atoms with Crippen molar-refractivity contribution in [2.24, 2.45) is 5.41 Å². The van der Waals surface area contributed by atoms with Crippen LogP contribution in [0.4, 0.5) is 0 Å². The zero-order valence-corrected chi connectivity index (χ0v) is 13.5. The Morgan fingerprint density at radius 2 is 2.05 bits per heavy atom. The molecule has 0 aromatic heterocycles. The number of thioether (sulfide) groups is 1. The van der Waals surface area contributed by atoms with E-state index in [1.807, 2.05) is 0 Å². The molecular weight excluding hydrogens is 256 g/mol. The van der Waals surface area contributed by atoms with Crippen LogP contribution in [0.3, 0.4) is 0 Å². The SMILES string of the molecule is CCOC1CC(NCCSC2CCNCC2)C1(C)C. The predicted molar refractivity (Wildman–Crippen MR) is 84.0 cm³/mol. The van der Waals surface area contributed by atoms with Gasteiger partial charge in [-0.1, -0.05) is 13.8 Å². The minimum Gasteiger partial charge on any atom is -0.378 e. The number of hydrogen-bond acceptors (Lipinski definition) is 4. The van der Waals surface area contributed by atoms with Crippen molar-refractivity contribution in [1.29, 1.82) is 0 Å². The van der Waals surface area contributed by atoms with Crippen LogP contribution in [0.1, 0.15) is 40.0 Å². The van der Waals surface area contributed by atoms with E-state index in [0.717, 1.165) is 18.4 Å². The lowest BCUT2D eigenvalue weighted by Gasteiger charge is -2.52. The van der Waals surface area contributed by atoms with Crippen molar-refractivity contribution in [1.82, 2.24) is 10.6 Å². The fourth-order valence-electron chi connectivity index (χ4n) is 3.14.